The molecule has 1 aliphatic rings. The first-order chi connectivity index (χ1) is 4.61. The highest BCUT2D eigenvalue weighted by molar-refractivity contribution is 4.79. The fraction of sp³-hybridized carbons (Fsp3) is 1.00. The number of nitrogens with two attached hydrogens (primary N) is 1. The molecular formula is C6H13NO3. The summed E-state index contributed by atoms with van der Waals surface area (Å²) in [5.41, 5.74) is 5.40. The van der Waals surface area contributed by atoms with Crippen LogP contribution in [0.4, 0.5) is 0 Å². The van der Waals surface area contributed by atoms with Gasteiger partial charge in [0.15, 0.2) is 6.29 Å². The van der Waals surface area contributed by atoms with Gasteiger partial charge in [-0.1, -0.05) is 0 Å². The molecule has 0 saturated carbocycles. The average molecular weight is 147 g/mol. The van der Waals surface area contributed by atoms with Crippen LogP contribution in [0, 0.1) is 0 Å². The number of hydrogen-bond donors (Lipinski definition) is 3. The molecule has 1 fully saturated rings. The lowest BCUT2D eigenvalue weighted by atomic mass is 10.0. The zero-order valence-corrected chi connectivity index (χ0v) is 5.90. The van der Waals surface area contributed by atoms with Crippen LogP contribution in [-0.2, 0) is 4.74 Å². The van der Waals surface area contributed by atoms with Crippen molar-refractivity contribution in [3.05, 3.63) is 0 Å². The van der Waals surface area contributed by atoms with Crippen LogP contribution in [0.15, 0.2) is 0 Å². The second kappa shape index (κ2) is 2.84. The van der Waals surface area contributed by atoms with Gasteiger partial charge in [-0.3, -0.25) is 0 Å². The third kappa shape index (κ3) is 1.46. The third-order valence-electron chi connectivity index (χ3n) is 1.78. The quantitative estimate of drug-likeness (QED) is 0.402. The maximum absolute atomic E-state index is 9.15. The van der Waals surface area contributed by atoms with E-state index in [1.165, 1.54) is 0 Å². The molecule has 4 N–H and O–H groups in total. The summed E-state index contributed by atoms with van der Waals surface area (Å²) in [5.74, 6) is 0. The molecular weight excluding hydrogens is 134 g/mol. The Morgan fingerprint density at radius 2 is 2.10 bits per heavy atom. The summed E-state index contributed by atoms with van der Waals surface area (Å²) in [6.07, 6.45) is -1.37. The summed E-state index contributed by atoms with van der Waals surface area (Å²) in [6, 6.07) is -0.453. The molecule has 4 heteroatoms. The van der Waals surface area contributed by atoms with Gasteiger partial charge in [-0.05, 0) is 13.3 Å². The lowest BCUT2D eigenvalue weighted by Crippen LogP contribution is -2.49. The minimum Gasteiger partial charge on any atom is -0.390 e. The molecule has 0 aromatic heterocycles. The molecule has 0 bridgehead atoms. The van der Waals surface area contributed by atoms with Crippen molar-refractivity contribution in [1.82, 2.24) is 0 Å². The second-order valence-corrected chi connectivity index (χ2v) is 2.70. The Hall–Kier alpha value is -0.160. The molecule has 0 amide bonds. The molecule has 1 aliphatic heterocycles. The Bertz CT molecular complexity index is 93.6. The van der Waals surface area contributed by atoms with Crippen molar-refractivity contribution in [1.29, 1.82) is 0 Å². The minimum atomic E-state index is -0.918. The Kier molecular flexibility index (Phi) is 2.25. The normalized spacial score (nSPS) is 49.2. The fourth-order valence-electron chi connectivity index (χ4n) is 0.998. The van der Waals surface area contributed by atoms with Gasteiger partial charge in [0.05, 0.1) is 18.2 Å². The zero-order valence-electron chi connectivity index (χ0n) is 5.90. The van der Waals surface area contributed by atoms with Gasteiger partial charge in [0.25, 0.3) is 0 Å². The van der Waals surface area contributed by atoms with Crippen molar-refractivity contribution in [2.75, 3.05) is 0 Å². The van der Waals surface area contributed by atoms with E-state index in [0.29, 0.717) is 6.42 Å². The molecule has 0 aromatic rings. The lowest BCUT2D eigenvalue weighted by Gasteiger charge is -2.33. The van der Waals surface area contributed by atoms with Crippen molar-refractivity contribution in [3.8, 4) is 0 Å². The largest absolute Gasteiger partial charge is 0.390 e. The van der Waals surface area contributed by atoms with Gasteiger partial charge in [0, 0.05) is 0 Å². The SMILES string of the molecule is CC1O[C@H](O)C(N)C[C@@H]1O. The van der Waals surface area contributed by atoms with Crippen LogP contribution >= 0.6 is 0 Å². The minimum absolute atomic E-state index is 0.310. The fourth-order valence-corrected chi connectivity index (χ4v) is 0.998. The van der Waals surface area contributed by atoms with E-state index in [2.05, 4.69) is 0 Å². The summed E-state index contributed by atoms with van der Waals surface area (Å²) in [6.45, 7) is 1.71. The van der Waals surface area contributed by atoms with E-state index < -0.39 is 18.4 Å². The second-order valence-electron chi connectivity index (χ2n) is 2.70. The Morgan fingerprint density at radius 3 is 2.60 bits per heavy atom. The van der Waals surface area contributed by atoms with Crippen molar-refractivity contribution in [3.63, 3.8) is 0 Å². The summed E-state index contributed by atoms with van der Waals surface area (Å²) in [5, 5.41) is 18.2. The van der Waals surface area contributed by atoms with Gasteiger partial charge in [-0.25, -0.2) is 0 Å². The molecule has 0 spiro atoms. The van der Waals surface area contributed by atoms with Crippen molar-refractivity contribution in [2.45, 2.75) is 37.9 Å². The molecule has 10 heavy (non-hydrogen) atoms. The van der Waals surface area contributed by atoms with E-state index >= 15 is 0 Å². The molecule has 2 unspecified atom stereocenters. The molecule has 1 heterocycles. The predicted molar refractivity (Wildman–Crippen MR) is 35.2 cm³/mol. The highest BCUT2D eigenvalue weighted by Crippen LogP contribution is 2.16. The molecule has 1 saturated heterocycles. The van der Waals surface area contributed by atoms with E-state index in [4.69, 9.17) is 20.7 Å². The highest BCUT2D eigenvalue weighted by atomic mass is 16.6. The number of hydrogen-bond acceptors (Lipinski definition) is 4. The summed E-state index contributed by atoms with van der Waals surface area (Å²) >= 11 is 0. The van der Waals surface area contributed by atoms with Crippen LogP contribution in [0.2, 0.25) is 0 Å². The standard InChI is InChI=1S/C6H13NO3/c1-3-5(8)2-4(7)6(9)10-3/h3-6,8-9H,2,7H2,1H3/t3?,4?,5-,6-/m0/s1. The molecule has 60 valence electrons. The Labute approximate surface area is 59.6 Å². The van der Waals surface area contributed by atoms with Gasteiger partial charge >= 0.3 is 0 Å². The summed E-state index contributed by atoms with van der Waals surface area (Å²) in [4.78, 5) is 0. The van der Waals surface area contributed by atoms with Crippen LogP contribution in [-0.4, -0.2) is 34.8 Å². The van der Waals surface area contributed by atoms with Crippen molar-refractivity contribution < 1.29 is 14.9 Å². The highest BCUT2D eigenvalue weighted by Gasteiger charge is 2.31. The Balaban J connectivity index is 2.46. The number of aliphatic hydroxyl groups is 2. The Morgan fingerprint density at radius 1 is 1.50 bits per heavy atom. The first kappa shape index (κ1) is 7.94. The van der Waals surface area contributed by atoms with E-state index in [0.717, 1.165) is 0 Å². The molecule has 0 aromatic carbocycles. The third-order valence-corrected chi connectivity index (χ3v) is 1.78. The van der Waals surface area contributed by atoms with E-state index in [1.54, 1.807) is 6.92 Å². The van der Waals surface area contributed by atoms with E-state index in [1.807, 2.05) is 0 Å². The monoisotopic (exact) mass is 147 g/mol. The number of ether oxygens (including phenoxy) is 1. The van der Waals surface area contributed by atoms with Gasteiger partial charge < -0.3 is 20.7 Å². The number of rotatable bonds is 0. The molecule has 4 nitrogen and oxygen atoms in total. The maximum atomic E-state index is 9.15. The summed E-state index contributed by atoms with van der Waals surface area (Å²) in [7, 11) is 0. The van der Waals surface area contributed by atoms with E-state index in [9.17, 15) is 0 Å². The van der Waals surface area contributed by atoms with Gasteiger partial charge in [0.2, 0.25) is 0 Å². The summed E-state index contributed by atoms with van der Waals surface area (Å²) < 4.78 is 4.89. The van der Waals surface area contributed by atoms with Crippen LogP contribution < -0.4 is 5.73 Å². The lowest BCUT2D eigenvalue weighted by molar-refractivity contribution is -0.201. The van der Waals surface area contributed by atoms with Crippen molar-refractivity contribution in [2.24, 2.45) is 5.73 Å². The zero-order chi connectivity index (χ0) is 7.72. The van der Waals surface area contributed by atoms with Crippen LogP contribution in [0.5, 0.6) is 0 Å². The van der Waals surface area contributed by atoms with Gasteiger partial charge in [-0.2, -0.15) is 0 Å². The topological polar surface area (TPSA) is 75.7 Å². The van der Waals surface area contributed by atoms with Crippen LogP contribution in [0.3, 0.4) is 0 Å². The van der Waals surface area contributed by atoms with Crippen molar-refractivity contribution >= 4 is 0 Å². The number of aliphatic hydroxyl groups excluding tert-OH is 2. The van der Waals surface area contributed by atoms with Crippen LogP contribution in [0.25, 0.3) is 0 Å². The van der Waals surface area contributed by atoms with Crippen LogP contribution in [0.1, 0.15) is 13.3 Å². The first-order valence-corrected chi connectivity index (χ1v) is 3.38. The molecule has 4 atom stereocenters. The molecule has 0 radical (unpaired) electrons. The predicted octanol–water partition coefficient (Wildman–Crippen LogP) is -1.20. The average Bonchev–Trinajstić information content (AvgIpc) is 1.84. The molecule has 0 aliphatic carbocycles. The van der Waals surface area contributed by atoms with Gasteiger partial charge in [0.1, 0.15) is 0 Å². The first-order valence-electron chi connectivity index (χ1n) is 3.38. The molecule has 1 rings (SSSR count). The maximum Gasteiger partial charge on any atom is 0.170 e. The smallest absolute Gasteiger partial charge is 0.170 e. The van der Waals surface area contributed by atoms with Gasteiger partial charge in [-0.15, -0.1) is 0 Å². The van der Waals surface area contributed by atoms with E-state index in [-0.39, 0.29) is 6.10 Å².